The summed E-state index contributed by atoms with van der Waals surface area (Å²) in [6.07, 6.45) is -0.378. The van der Waals surface area contributed by atoms with Crippen molar-refractivity contribution in [2.45, 2.75) is 50.0 Å². The molecule has 2 N–H and O–H groups in total. The molecule has 0 amide bonds. The summed E-state index contributed by atoms with van der Waals surface area (Å²) in [5.74, 6) is 0. The van der Waals surface area contributed by atoms with E-state index in [2.05, 4.69) is 15.5 Å². The molecule has 1 fully saturated rings. The van der Waals surface area contributed by atoms with Gasteiger partial charge in [-0.15, -0.1) is 0 Å². The quantitative estimate of drug-likeness (QED) is 0.711. The zero-order valence-electron chi connectivity index (χ0n) is 16.1. The molecule has 3 atom stereocenters. The summed E-state index contributed by atoms with van der Waals surface area (Å²) < 4.78 is 41.8. The number of nitrogens with one attached hydrogen (secondary N) is 2. The number of halogens is 3. The Hall–Kier alpha value is -1.86. The van der Waals surface area contributed by atoms with E-state index in [1.165, 1.54) is 6.07 Å². The second-order valence-electron chi connectivity index (χ2n) is 7.58. The number of benzene rings is 2. The van der Waals surface area contributed by atoms with Crippen LogP contribution in [0, 0.1) is 0 Å². The summed E-state index contributed by atoms with van der Waals surface area (Å²) in [5, 5.41) is 7.10. The van der Waals surface area contributed by atoms with E-state index in [1.807, 2.05) is 32.3 Å². The number of hydrogen-bond acceptors (Lipinski definition) is 2. The van der Waals surface area contributed by atoms with Crippen LogP contribution in [0.4, 0.5) is 13.2 Å². The van der Waals surface area contributed by atoms with E-state index in [-0.39, 0.29) is 22.8 Å². The molecule has 7 heteroatoms. The van der Waals surface area contributed by atoms with Crippen molar-refractivity contribution in [3.05, 3.63) is 48.0 Å². The van der Waals surface area contributed by atoms with Gasteiger partial charge in [-0.05, 0) is 55.5 Å². The lowest BCUT2D eigenvalue weighted by Crippen LogP contribution is -2.54. The fraction of sp³-hybridized carbons (Fsp3) is 0.476. The smallest absolute Gasteiger partial charge is 0.358 e. The Bertz CT molecular complexity index is 817. The molecule has 1 saturated carbocycles. The summed E-state index contributed by atoms with van der Waals surface area (Å²) in [7, 11) is 3.99. The van der Waals surface area contributed by atoms with Crippen LogP contribution in [0.15, 0.2) is 42.5 Å². The highest BCUT2D eigenvalue weighted by Gasteiger charge is 2.42. The van der Waals surface area contributed by atoms with Crippen LogP contribution in [0.1, 0.15) is 37.3 Å². The van der Waals surface area contributed by atoms with Crippen LogP contribution in [-0.4, -0.2) is 42.4 Å². The molecule has 0 unspecified atom stereocenters. The standard InChI is InChI=1S/C21H26F3N3S/c1-27(2)18-13-6-5-12-17(18)25-20(28)26-19(21(22,23)24)16-11-7-9-14-8-3-4-10-15(14)16/h3-4,7-11,17-19H,5-6,12-13H2,1-2H3,(H2,25,26,28)/t17-,18-,19+/m1/s1. The van der Waals surface area contributed by atoms with Crippen molar-refractivity contribution in [2.24, 2.45) is 0 Å². The van der Waals surface area contributed by atoms with Crippen molar-refractivity contribution in [1.82, 2.24) is 15.5 Å². The maximum atomic E-state index is 13.9. The normalized spacial score (nSPS) is 21.5. The molecule has 0 saturated heterocycles. The molecule has 1 aliphatic carbocycles. The molecule has 2 aromatic rings. The number of nitrogens with zero attached hydrogens (tertiary/aromatic N) is 1. The number of rotatable bonds is 4. The third-order valence-electron chi connectivity index (χ3n) is 5.45. The fourth-order valence-electron chi connectivity index (χ4n) is 4.08. The van der Waals surface area contributed by atoms with Gasteiger partial charge in [0.25, 0.3) is 0 Å². The lowest BCUT2D eigenvalue weighted by atomic mass is 9.89. The monoisotopic (exact) mass is 409 g/mol. The fourth-order valence-corrected chi connectivity index (χ4v) is 4.35. The second kappa shape index (κ2) is 8.66. The van der Waals surface area contributed by atoms with E-state index >= 15 is 0 Å². The average Bonchev–Trinajstić information content (AvgIpc) is 2.65. The average molecular weight is 410 g/mol. The maximum absolute atomic E-state index is 13.9. The highest BCUT2D eigenvalue weighted by Crippen LogP contribution is 2.36. The Labute approximate surface area is 169 Å². The van der Waals surface area contributed by atoms with Crippen molar-refractivity contribution < 1.29 is 13.2 Å². The van der Waals surface area contributed by atoms with Gasteiger partial charge in [0.15, 0.2) is 11.2 Å². The predicted octanol–water partition coefficient (Wildman–Crippen LogP) is 4.78. The molecular weight excluding hydrogens is 383 g/mol. The van der Waals surface area contributed by atoms with E-state index in [0.717, 1.165) is 31.1 Å². The molecule has 3 nitrogen and oxygen atoms in total. The van der Waals surface area contributed by atoms with Gasteiger partial charge in [-0.25, -0.2) is 0 Å². The molecule has 3 rings (SSSR count). The number of hydrogen-bond donors (Lipinski definition) is 2. The van der Waals surface area contributed by atoms with Gasteiger partial charge in [-0.3, -0.25) is 0 Å². The highest BCUT2D eigenvalue weighted by atomic mass is 32.1. The van der Waals surface area contributed by atoms with Crippen molar-refractivity contribution in [3.8, 4) is 0 Å². The van der Waals surface area contributed by atoms with E-state index in [4.69, 9.17) is 12.2 Å². The van der Waals surface area contributed by atoms with Gasteiger partial charge < -0.3 is 15.5 Å². The summed E-state index contributed by atoms with van der Waals surface area (Å²) in [6, 6.07) is 10.5. The van der Waals surface area contributed by atoms with Crippen LogP contribution in [0.3, 0.4) is 0 Å². The first-order chi connectivity index (χ1) is 13.3. The molecule has 0 radical (unpaired) electrons. The van der Waals surface area contributed by atoms with Crippen LogP contribution in [-0.2, 0) is 0 Å². The lowest BCUT2D eigenvalue weighted by Gasteiger charge is -2.37. The first-order valence-electron chi connectivity index (χ1n) is 9.55. The summed E-state index contributed by atoms with van der Waals surface area (Å²) in [5.41, 5.74) is 0.183. The minimum absolute atomic E-state index is 0.0464. The predicted molar refractivity (Wildman–Crippen MR) is 111 cm³/mol. The van der Waals surface area contributed by atoms with Gasteiger partial charge in [0.05, 0.1) is 0 Å². The first kappa shape index (κ1) is 20.9. The summed E-state index contributed by atoms with van der Waals surface area (Å²) in [4.78, 5) is 2.12. The van der Waals surface area contributed by atoms with Gasteiger partial charge in [0.2, 0.25) is 0 Å². The zero-order chi connectivity index (χ0) is 20.3. The van der Waals surface area contributed by atoms with Crippen molar-refractivity contribution in [1.29, 1.82) is 0 Å². The zero-order valence-corrected chi connectivity index (χ0v) is 16.9. The topological polar surface area (TPSA) is 27.3 Å². The van der Waals surface area contributed by atoms with E-state index in [9.17, 15) is 13.2 Å². The molecule has 0 spiro atoms. The Balaban J connectivity index is 1.82. The minimum Gasteiger partial charge on any atom is -0.358 e. The summed E-state index contributed by atoms with van der Waals surface area (Å²) >= 11 is 5.30. The Morgan fingerprint density at radius 1 is 1.07 bits per heavy atom. The molecular formula is C21H26F3N3S. The van der Waals surface area contributed by atoms with Crippen molar-refractivity contribution in [2.75, 3.05) is 14.1 Å². The molecule has 0 heterocycles. The van der Waals surface area contributed by atoms with Gasteiger partial charge in [-0.2, -0.15) is 13.2 Å². The molecule has 0 aromatic heterocycles. The van der Waals surface area contributed by atoms with Crippen molar-refractivity contribution >= 4 is 28.1 Å². The SMILES string of the molecule is CN(C)[C@@H]1CCCC[C@H]1NC(=S)N[C@@H](c1cccc2ccccc12)C(F)(F)F. The van der Waals surface area contributed by atoms with Gasteiger partial charge >= 0.3 is 6.18 Å². The van der Waals surface area contributed by atoms with E-state index < -0.39 is 12.2 Å². The maximum Gasteiger partial charge on any atom is 0.412 e. The lowest BCUT2D eigenvalue weighted by molar-refractivity contribution is -0.153. The molecule has 2 aromatic carbocycles. The first-order valence-corrected chi connectivity index (χ1v) is 9.96. The molecule has 28 heavy (non-hydrogen) atoms. The van der Waals surface area contributed by atoms with E-state index in [0.29, 0.717) is 5.39 Å². The number of fused-ring (bicyclic) bond motifs is 1. The third kappa shape index (κ3) is 4.75. The molecule has 0 aliphatic heterocycles. The summed E-state index contributed by atoms with van der Waals surface area (Å²) in [6.45, 7) is 0. The molecule has 0 bridgehead atoms. The van der Waals surface area contributed by atoms with Gasteiger partial charge in [0, 0.05) is 12.1 Å². The van der Waals surface area contributed by atoms with E-state index in [1.54, 1.807) is 18.2 Å². The van der Waals surface area contributed by atoms with Gasteiger partial charge in [-0.1, -0.05) is 55.3 Å². The van der Waals surface area contributed by atoms with Crippen LogP contribution >= 0.6 is 12.2 Å². The second-order valence-corrected chi connectivity index (χ2v) is 7.99. The minimum atomic E-state index is -4.47. The van der Waals surface area contributed by atoms with Gasteiger partial charge in [0.1, 0.15) is 0 Å². The van der Waals surface area contributed by atoms with Crippen molar-refractivity contribution in [3.63, 3.8) is 0 Å². The largest absolute Gasteiger partial charge is 0.412 e. The Morgan fingerprint density at radius 2 is 1.75 bits per heavy atom. The number of alkyl halides is 3. The van der Waals surface area contributed by atoms with Crippen LogP contribution in [0.5, 0.6) is 0 Å². The Morgan fingerprint density at radius 3 is 2.46 bits per heavy atom. The Kier molecular flexibility index (Phi) is 6.45. The molecule has 1 aliphatic rings. The highest BCUT2D eigenvalue weighted by molar-refractivity contribution is 7.80. The van der Waals surface area contributed by atoms with Crippen LogP contribution in [0.2, 0.25) is 0 Å². The third-order valence-corrected chi connectivity index (χ3v) is 5.68. The number of likely N-dealkylation sites (N-methyl/N-ethyl adjacent to an activating group) is 1. The van der Waals surface area contributed by atoms with Crippen LogP contribution in [0.25, 0.3) is 10.8 Å². The van der Waals surface area contributed by atoms with Crippen LogP contribution < -0.4 is 10.6 Å². The molecule has 152 valence electrons. The number of thiocarbonyl (C=S) groups is 1.